The van der Waals surface area contributed by atoms with E-state index in [0.717, 1.165) is 17.8 Å². The lowest BCUT2D eigenvalue weighted by Crippen LogP contribution is -2.05. The third-order valence-corrected chi connectivity index (χ3v) is 4.27. The molecule has 3 rings (SSSR count). The van der Waals surface area contributed by atoms with Crippen molar-refractivity contribution >= 4 is 22.6 Å². The van der Waals surface area contributed by atoms with Gasteiger partial charge in [-0.15, -0.1) is 11.6 Å². The van der Waals surface area contributed by atoms with Crippen LogP contribution in [-0.2, 0) is 6.42 Å². The van der Waals surface area contributed by atoms with Gasteiger partial charge in [-0.2, -0.15) is 0 Å². The highest BCUT2D eigenvalue weighted by Gasteiger charge is 2.15. The lowest BCUT2D eigenvalue weighted by molar-refractivity contribution is 0.904. The van der Waals surface area contributed by atoms with Crippen LogP contribution in [0.25, 0.3) is 16.7 Å². The number of rotatable bonds is 3. The first-order valence-electron chi connectivity index (χ1n) is 7.23. The molecule has 0 radical (unpaired) electrons. The van der Waals surface area contributed by atoms with E-state index in [0.29, 0.717) is 5.88 Å². The molecule has 0 aliphatic carbocycles. The van der Waals surface area contributed by atoms with E-state index in [1.54, 1.807) is 0 Å². The second-order valence-electron chi connectivity index (χ2n) is 5.46. The summed E-state index contributed by atoms with van der Waals surface area (Å²) in [5.74, 6) is 1.61. The van der Waals surface area contributed by atoms with Gasteiger partial charge in [0.1, 0.15) is 5.82 Å². The summed E-state index contributed by atoms with van der Waals surface area (Å²) in [5.41, 5.74) is 7.24. The molecule has 21 heavy (non-hydrogen) atoms. The summed E-state index contributed by atoms with van der Waals surface area (Å²) >= 11 is 5.98. The SMILES string of the molecule is Cc1cccc(-n2c(CCCl)nc3cccc(C)c32)c1C. The molecule has 0 spiro atoms. The molecule has 0 saturated heterocycles. The van der Waals surface area contributed by atoms with E-state index in [1.165, 1.54) is 27.9 Å². The highest BCUT2D eigenvalue weighted by molar-refractivity contribution is 6.18. The van der Waals surface area contributed by atoms with E-state index < -0.39 is 0 Å². The quantitative estimate of drug-likeness (QED) is 0.639. The molecule has 0 bridgehead atoms. The smallest absolute Gasteiger partial charge is 0.115 e. The predicted octanol–water partition coefficient (Wildman–Crippen LogP) is 4.73. The summed E-state index contributed by atoms with van der Waals surface area (Å²) in [6.07, 6.45) is 0.767. The summed E-state index contributed by atoms with van der Waals surface area (Å²) < 4.78 is 2.27. The van der Waals surface area contributed by atoms with Crippen molar-refractivity contribution in [1.82, 2.24) is 9.55 Å². The van der Waals surface area contributed by atoms with E-state index in [4.69, 9.17) is 16.6 Å². The van der Waals surface area contributed by atoms with Crippen molar-refractivity contribution in [2.75, 3.05) is 5.88 Å². The first-order valence-corrected chi connectivity index (χ1v) is 7.76. The lowest BCUT2D eigenvalue weighted by atomic mass is 10.1. The largest absolute Gasteiger partial charge is 0.296 e. The van der Waals surface area contributed by atoms with Crippen LogP contribution in [0.4, 0.5) is 0 Å². The molecule has 3 heteroatoms. The average molecular weight is 299 g/mol. The van der Waals surface area contributed by atoms with E-state index in [9.17, 15) is 0 Å². The molecule has 108 valence electrons. The molecule has 0 aliphatic heterocycles. The van der Waals surface area contributed by atoms with Gasteiger partial charge in [0.05, 0.1) is 16.7 Å². The molecule has 0 unspecified atom stereocenters. The normalized spacial score (nSPS) is 11.2. The van der Waals surface area contributed by atoms with E-state index in [2.05, 4.69) is 61.7 Å². The zero-order chi connectivity index (χ0) is 15.0. The standard InChI is InChI=1S/C18H19ClN2/c1-12-6-5-9-16(14(12)3)21-17(10-11-19)20-15-8-4-7-13(2)18(15)21/h4-9H,10-11H2,1-3H3. The number of alkyl halides is 1. The number of aryl methyl sites for hydroxylation is 3. The van der Waals surface area contributed by atoms with Gasteiger partial charge in [-0.1, -0.05) is 24.3 Å². The second kappa shape index (κ2) is 5.53. The van der Waals surface area contributed by atoms with Crippen LogP contribution in [0.15, 0.2) is 36.4 Å². The van der Waals surface area contributed by atoms with Gasteiger partial charge in [-0.3, -0.25) is 4.57 Å². The molecule has 0 amide bonds. The number of hydrogen-bond donors (Lipinski definition) is 0. The second-order valence-corrected chi connectivity index (χ2v) is 5.84. The molecule has 1 heterocycles. The molecule has 2 aromatic carbocycles. The Morgan fingerprint density at radius 1 is 1.00 bits per heavy atom. The fraction of sp³-hybridized carbons (Fsp3) is 0.278. The molecular weight excluding hydrogens is 280 g/mol. The van der Waals surface area contributed by atoms with E-state index >= 15 is 0 Å². The Labute approximate surface area is 130 Å². The highest BCUT2D eigenvalue weighted by atomic mass is 35.5. The maximum absolute atomic E-state index is 5.98. The zero-order valence-corrected chi connectivity index (χ0v) is 13.4. The maximum Gasteiger partial charge on any atom is 0.115 e. The highest BCUT2D eigenvalue weighted by Crippen LogP contribution is 2.27. The minimum atomic E-state index is 0.577. The van der Waals surface area contributed by atoms with Gasteiger partial charge < -0.3 is 0 Å². The first-order chi connectivity index (χ1) is 10.1. The van der Waals surface area contributed by atoms with Crippen LogP contribution in [0.2, 0.25) is 0 Å². The van der Waals surface area contributed by atoms with Crippen molar-refractivity contribution in [2.24, 2.45) is 0 Å². The number of benzene rings is 2. The predicted molar refractivity (Wildman–Crippen MR) is 89.7 cm³/mol. The number of hydrogen-bond acceptors (Lipinski definition) is 1. The van der Waals surface area contributed by atoms with Crippen LogP contribution in [0.3, 0.4) is 0 Å². The number of para-hydroxylation sites is 1. The molecule has 3 aromatic rings. The van der Waals surface area contributed by atoms with Gasteiger partial charge in [-0.05, 0) is 49.6 Å². The van der Waals surface area contributed by atoms with Crippen molar-refractivity contribution < 1.29 is 0 Å². The van der Waals surface area contributed by atoms with Crippen molar-refractivity contribution in [1.29, 1.82) is 0 Å². The molecule has 0 atom stereocenters. The van der Waals surface area contributed by atoms with Gasteiger partial charge in [0.15, 0.2) is 0 Å². The van der Waals surface area contributed by atoms with E-state index in [1.807, 2.05) is 0 Å². The maximum atomic E-state index is 5.98. The third kappa shape index (κ3) is 2.34. The lowest BCUT2D eigenvalue weighted by Gasteiger charge is -2.14. The number of imidazole rings is 1. The molecule has 0 fully saturated rings. The van der Waals surface area contributed by atoms with Crippen molar-refractivity contribution in [3.63, 3.8) is 0 Å². The summed E-state index contributed by atoms with van der Waals surface area (Å²) in [7, 11) is 0. The first kappa shape index (κ1) is 14.2. The molecule has 0 aliphatic rings. The molecule has 1 aromatic heterocycles. The monoisotopic (exact) mass is 298 g/mol. The van der Waals surface area contributed by atoms with Crippen molar-refractivity contribution in [3.05, 3.63) is 58.9 Å². The zero-order valence-electron chi connectivity index (χ0n) is 12.7. The van der Waals surface area contributed by atoms with Crippen molar-refractivity contribution in [3.8, 4) is 5.69 Å². The summed E-state index contributed by atoms with van der Waals surface area (Å²) in [6.45, 7) is 6.45. The summed E-state index contributed by atoms with van der Waals surface area (Å²) in [5, 5.41) is 0. The Morgan fingerprint density at radius 3 is 2.48 bits per heavy atom. The average Bonchev–Trinajstić information content (AvgIpc) is 2.82. The number of halogens is 1. The van der Waals surface area contributed by atoms with Crippen LogP contribution in [-0.4, -0.2) is 15.4 Å². The van der Waals surface area contributed by atoms with Crippen LogP contribution < -0.4 is 0 Å². The summed E-state index contributed by atoms with van der Waals surface area (Å²) in [6, 6.07) is 12.7. The Balaban J connectivity index is 2.39. The number of fused-ring (bicyclic) bond motifs is 1. The Kier molecular flexibility index (Phi) is 3.73. The molecule has 2 nitrogen and oxygen atoms in total. The number of aromatic nitrogens is 2. The Morgan fingerprint density at radius 2 is 1.71 bits per heavy atom. The molecule has 0 saturated carbocycles. The molecule has 0 N–H and O–H groups in total. The van der Waals surface area contributed by atoms with Crippen LogP contribution in [0.5, 0.6) is 0 Å². The van der Waals surface area contributed by atoms with Gasteiger partial charge >= 0.3 is 0 Å². The molecular formula is C18H19ClN2. The summed E-state index contributed by atoms with van der Waals surface area (Å²) in [4.78, 5) is 4.79. The van der Waals surface area contributed by atoms with Crippen LogP contribution >= 0.6 is 11.6 Å². The Hall–Kier alpha value is -1.80. The van der Waals surface area contributed by atoms with Crippen LogP contribution in [0, 0.1) is 20.8 Å². The van der Waals surface area contributed by atoms with Gasteiger partial charge in [0.2, 0.25) is 0 Å². The minimum absolute atomic E-state index is 0.577. The number of nitrogens with zero attached hydrogens (tertiary/aromatic N) is 2. The van der Waals surface area contributed by atoms with E-state index in [-0.39, 0.29) is 0 Å². The van der Waals surface area contributed by atoms with Gasteiger partial charge in [-0.25, -0.2) is 4.98 Å². The van der Waals surface area contributed by atoms with Crippen molar-refractivity contribution in [2.45, 2.75) is 27.2 Å². The van der Waals surface area contributed by atoms with Gasteiger partial charge in [0.25, 0.3) is 0 Å². The fourth-order valence-electron chi connectivity index (χ4n) is 2.83. The third-order valence-electron chi connectivity index (χ3n) is 4.08. The van der Waals surface area contributed by atoms with Crippen LogP contribution in [0.1, 0.15) is 22.5 Å². The fourth-order valence-corrected chi connectivity index (χ4v) is 3.00. The Bertz CT molecular complexity index is 802. The van der Waals surface area contributed by atoms with Gasteiger partial charge in [0, 0.05) is 12.3 Å². The minimum Gasteiger partial charge on any atom is -0.296 e. The topological polar surface area (TPSA) is 17.8 Å².